The molecule has 0 spiro atoms. The Morgan fingerprint density at radius 3 is 2.60 bits per heavy atom. The minimum atomic E-state index is -1.97. The fourth-order valence-electron chi connectivity index (χ4n) is 2.81. The van der Waals surface area contributed by atoms with Crippen molar-refractivity contribution in [2.45, 2.75) is 63.8 Å². The molecule has 0 radical (unpaired) electrons. The van der Waals surface area contributed by atoms with Gasteiger partial charge in [-0.3, -0.25) is 4.57 Å². The largest absolute Gasteiger partial charge is 0.394 e. The van der Waals surface area contributed by atoms with Gasteiger partial charge in [-0.1, -0.05) is 33.9 Å². The zero-order chi connectivity index (χ0) is 18.6. The van der Waals surface area contributed by atoms with Crippen LogP contribution in [-0.4, -0.2) is 56.6 Å². The van der Waals surface area contributed by atoms with Crippen LogP contribution in [0.25, 0.3) is 11.2 Å². The highest BCUT2D eigenvalue weighted by Gasteiger charge is 2.41. The van der Waals surface area contributed by atoms with Gasteiger partial charge in [0.05, 0.1) is 19.0 Å². The molecule has 1 unspecified atom stereocenters. The molecule has 1 aliphatic rings. The molecule has 2 aromatic rings. The van der Waals surface area contributed by atoms with E-state index >= 15 is 0 Å². The molecule has 1 fully saturated rings. The Kier molecular flexibility index (Phi) is 4.39. The third-order valence-electron chi connectivity index (χ3n) is 5.58. The zero-order valence-corrected chi connectivity index (χ0v) is 16.4. The normalized spacial score (nSPS) is 25.0. The summed E-state index contributed by atoms with van der Waals surface area (Å²) in [5, 5.41) is 19.4. The van der Waals surface area contributed by atoms with E-state index in [1.165, 1.54) is 0 Å². The van der Waals surface area contributed by atoms with Crippen molar-refractivity contribution in [3.63, 3.8) is 0 Å². The molecule has 0 amide bonds. The summed E-state index contributed by atoms with van der Waals surface area (Å²) in [5.74, 6) is 0.362. The number of hydrogen-bond donors (Lipinski definition) is 3. The van der Waals surface area contributed by atoms with Gasteiger partial charge in [0.2, 0.25) is 0 Å². The second-order valence-corrected chi connectivity index (χ2v) is 13.4. The number of nitrogen functional groups attached to an aromatic ring is 1. The highest BCUT2D eigenvalue weighted by Crippen LogP contribution is 2.36. The van der Waals surface area contributed by atoms with Gasteiger partial charge in [-0.2, -0.15) is 0 Å². The van der Waals surface area contributed by atoms with Gasteiger partial charge < -0.3 is 20.7 Å². The number of aliphatic hydroxyl groups excluding tert-OH is 2. The molecule has 1 aliphatic heterocycles. The van der Waals surface area contributed by atoms with E-state index in [-0.39, 0.29) is 11.6 Å². The number of ether oxygens (including phenoxy) is 1. The summed E-state index contributed by atoms with van der Waals surface area (Å²) in [6.07, 6.45) is 0.241. The standard InChI is InChI=1S/C16H27N5O3Si/c1-16(2,3)25(4,5)15-19-13(17)12-14(20-15)21(8-18-12)11-6-9(23)10(7-22)24-11/h8-11,22-23H,6-7H2,1-5H3,(H2,17,19,20)/t9?,10-,11-/m1/s1. The van der Waals surface area contributed by atoms with Crippen LogP contribution in [0.5, 0.6) is 0 Å². The number of rotatable bonds is 3. The predicted octanol–water partition coefficient (Wildman–Crippen LogP) is 0.765. The fraction of sp³-hybridized carbons (Fsp3) is 0.688. The molecule has 4 N–H and O–H groups in total. The van der Waals surface area contributed by atoms with Crippen LogP contribution in [0.2, 0.25) is 18.1 Å². The molecule has 3 atom stereocenters. The molecule has 138 valence electrons. The molecular formula is C16H27N5O3Si. The van der Waals surface area contributed by atoms with E-state index in [9.17, 15) is 10.2 Å². The van der Waals surface area contributed by atoms with Crippen LogP contribution < -0.4 is 11.2 Å². The van der Waals surface area contributed by atoms with E-state index in [0.29, 0.717) is 23.4 Å². The van der Waals surface area contributed by atoms with Gasteiger partial charge in [0.1, 0.15) is 31.4 Å². The van der Waals surface area contributed by atoms with Crippen LogP contribution in [-0.2, 0) is 4.74 Å². The molecule has 3 heterocycles. The number of aromatic nitrogens is 4. The molecule has 3 rings (SSSR count). The van der Waals surface area contributed by atoms with Gasteiger partial charge in [0, 0.05) is 6.42 Å². The van der Waals surface area contributed by atoms with Gasteiger partial charge in [0.25, 0.3) is 0 Å². The van der Waals surface area contributed by atoms with Crippen molar-refractivity contribution in [3.8, 4) is 0 Å². The average Bonchev–Trinajstić information content (AvgIpc) is 3.09. The van der Waals surface area contributed by atoms with Crippen LogP contribution in [0.4, 0.5) is 5.82 Å². The van der Waals surface area contributed by atoms with E-state index in [2.05, 4.69) is 43.8 Å². The van der Waals surface area contributed by atoms with E-state index in [1.807, 2.05) is 0 Å². The lowest BCUT2D eigenvalue weighted by Gasteiger charge is -2.35. The minimum absolute atomic E-state index is 0.0694. The van der Waals surface area contributed by atoms with Crippen LogP contribution >= 0.6 is 0 Å². The fourth-order valence-corrected chi connectivity index (χ4v) is 4.27. The van der Waals surface area contributed by atoms with E-state index in [0.717, 1.165) is 5.45 Å². The molecule has 0 aromatic carbocycles. The molecule has 0 bridgehead atoms. The van der Waals surface area contributed by atoms with Crippen molar-refractivity contribution in [2.24, 2.45) is 0 Å². The molecule has 0 aliphatic carbocycles. The van der Waals surface area contributed by atoms with Crippen LogP contribution in [0.3, 0.4) is 0 Å². The number of nitrogens with zero attached hydrogens (tertiary/aromatic N) is 4. The maximum absolute atomic E-state index is 10.0. The molecule has 0 saturated carbocycles. The quantitative estimate of drug-likeness (QED) is 0.687. The first-order valence-electron chi connectivity index (χ1n) is 8.51. The third-order valence-corrected chi connectivity index (χ3v) is 10.7. The lowest BCUT2D eigenvalue weighted by atomic mass is 10.2. The van der Waals surface area contributed by atoms with Crippen molar-refractivity contribution in [2.75, 3.05) is 12.3 Å². The summed E-state index contributed by atoms with van der Waals surface area (Å²) in [7, 11) is -1.97. The third kappa shape index (κ3) is 2.95. The Morgan fingerprint density at radius 2 is 2.04 bits per heavy atom. The van der Waals surface area contributed by atoms with E-state index in [1.54, 1.807) is 10.9 Å². The Balaban J connectivity index is 2.09. The summed E-state index contributed by atoms with van der Waals surface area (Å²) in [4.78, 5) is 13.7. The SMILES string of the molecule is CC(C)(C)[Si](C)(C)c1nc(N)c2ncn([C@H]3CC(O)[C@@H](CO)O3)c2n1. The monoisotopic (exact) mass is 365 g/mol. The van der Waals surface area contributed by atoms with Gasteiger partial charge in [-0.25, -0.2) is 15.0 Å². The molecular weight excluding hydrogens is 338 g/mol. The van der Waals surface area contributed by atoms with Crippen molar-refractivity contribution in [1.29, 1.82) is 0 Å². The van der Waals surface area contributed by atoms with Gasteiger partial charge in [-0.15, -0.1) is 0 Å². The van der Waals surface area contributed by atoms with Crippen molar-refractivity contribution in [1.82, 2.24) is 19.5 Å². The van der Waals surface area contributed by atoms with Crippen molar-refractivity contribution < 1.29 is 14.9 Å². The maximum Gasteiger partial charge on any atom is 0.167 e. The topological polar surface area (TPSA) is 119 Å². The smallest absolute Gasteiger partial charge is 0.167 e. The number of hydrogen-bond acceptors (Lipinski definition) is 7. The Morgan fingerprint density at radius 1 is 1.36 bits per heavy atom. The van der Waals surface area contributed by atoms with Gasteiger partial charge in [-0.05, 0) is 5.04 Å². The van der Waals surface area contributed by atoms with Crippen molar-refractivity contribution in [3.05, 3.63) is 6.33 Å². The van der Waals surface area contributed by atoms with Crippen molar-refractivity contribution >= 4 is 30.5 Å². The summed E-state index contributed by atoms with van der Waals surface area (Å²) in [6.45, 7) is 10.8. The first-order valence-corrected chi connectivity index (χ1v) is 11.5. The minimum Gasteiger partial charge on any atom is -0.394 e. The highest BCUT2D eigenvalue weighted by molar-refractivity contribution is 6.91. The van der Waals surface area contributed by atoms with Crippen LogP contribution in [0.1, 0.15) is 33.4 Å². The van der Waals surface area contributed by atoms with Crippen LogP contribution in [0, 0.1) is 0 Å². The summed E-state index contributed by atoms with van der Waals surface area (Å²) in [5.41, 5.74) is 8.09. The predicted molar refractivity (Wildman–Crippen MR) is 98.2 cm³/mol. The van der Waals surface area contributed by atoms with Crippen LogP contribution in [0.15, 0.2) is 6.33 Å². The summed E-state index contributed by atoms with van der Waals surface area (Å²) in [6, 6.07) is 0. The molecule has 9 heteroatoms. The Hall–Kier alpha value is -1.55. The van der Waals surface area contributed by atoms with E-state index in [4.69, 9.17) is 15.5 Å². The number of anilines is 1. The Bertz CT molecular complexity index is 786. The number of aliphatic hydroxyl groups is 2. The number of fused-ring (bicyclic) bond motifs is 1. The zero-order valence-electron chi connectivity index (χ0n) is 15.4. The number of nitrogens with two attached hydrogens (primary N) is 1. The van der Waals surface area contributed by atoms with E-state index < -0.39 is 26.5 Å². The molecule has 1 saturated heterocycles. The second kappa shape index (κ2) is 6.01. The highest BCUT2D eigenvalue weighted by atomic mass is 28.3. The lowest BCUT2D eigenvalue weighted by molar-refractivity contribution is -0.0432. The maximum atomic E-state index is 10.0. The Labute approximate surface area is 148 Å². The number of imidazole rings is 1. The average molecular weight is 366 g/mol. The van der Waals surface area contributed by atoms with Gasteiger partial charge in [0.15, 0.2) is 11.5 Å². The first-order chi connectivity index (χ1) is 11.6. The molecule has 25 heavy (non-hydrogen) atoms. The summed E-state index contributed by atoms with van der Waals surface area (Å²) >= 11 is 0. The lowest BCUT2D eigenvalue weighted by Crippen LogP contribution is -2.52. The molecule has 8 nitrogen and oxygen atoms in total. The second-order valence-electron chi connectivity index (χ2n) is 8.25. The summed E-state index contributed by atoms with van der Waals surface area (Å²) < 4.78 is 7.52. The molecule has 2 aromatic heterocycles. The van der Waals surface area contributed by atoms with Gasteiger partial charge >= 0.3 is 0 Å². The first kappa shape index (κ1) is 18.2.